The van der Waals surface area contributed by atoms with Crippen LogP contribution in [0, 0.1) is 0 Å². The zero-order valence-corrected chi connectivity index (χ0v) is 20.3. The van der Waals surface area contributed by atoms with E-state index in [1.165, 1.54) is 6.07 Å². The molecule has 0 amide bonds. The summed E-state index contributed by atoms with van der Waals surface area (Å²) < 4.78 is 17.4. The number of hydrogen-bond acceptors (Lipinski definition) is 9. The Kier molecular flexibility index (Phi) is 8.87. The maximum atomic E-state index is 11.7. The Labute approximate surface area is 210 Å². The summed E-state index contributed by atoms with van der Waals surface area (Å²) in [5.41, 5.74) is 1.73. The molecule has 4 rings (SSSR count). The highest BCUT2D eigenvalue weighted by molar-refractivity contribution is 5.91. The van der Waals surface area contributed by atoms with E-state index in [0.717, 1.165) is 31.2 Å². The van der Waals surface area contributed by atoms with Crippen LogP contribution in [0.15, 0.2) is 48.5 Å². The molecular formula is C26H31N5O5. The molecule has 1 atom stereocenters. The molecule has 0 fully saturated rings. The van der Waals surface area contributed by atoms with E-state index in [0.29, 0.717) is 43.8 Å². The van der Waals surface area contributed by atoms with E-state index in [4.69, 9.17) is 14.2 Å². The van der Waals surface area contributed by atoms with Gasteiger partial charge in [0.2, 0.25) is 11.9 Å². The van der Waals surface area contributed by atoms with E-state index < -0.39 is 5.97 Å². The van der Waals surface area contributed by atoms with E-state index in [-0.39, 0.29) is 23.6 Å². The highest BCUT2D eigenvalue weighted by atomic mass is 16.5. The average Bonchev–Trinajstić information content (AvgIpc) is 2.87. The van der Waals surface area contributed by atoms with Gasteiger partial charge in [0.15, 0.2) is 0 Å². The van der Waals surface area contributed by atoms with Crippen molar-refractivity contribution in [3.8, 4) is 11.8 Å². The van der Waals surface area contributed by atoms with Crippen molar-refractivity contribution in [3.05, 3.63) is 59.7 Å². The largest absolute Gasteiger partial charge is 0.493 e. The first kappa shape index (κ1) is 25.2. The summed E-state index contributed by atoms with van der Waals surface area (Å²) in [6, 6.07) is 14.8. The van der Waals surface area contributed by atoms with Crippen LogP contribution in [0.1, 0.15) is 54.6 Å². The van der Waals surface area contributed by atoms with Gasteiger partial charge >= 0.3 is 12.0 Å². The minimum absolute atomic E-state index is 0.0991. The van der Waals surface area contributed by atoms with Crippen LogP contribution >= 0.6 is 0 Å². The highest BCUT2D eigenvalue weighted by Gasteiger charge is 2.17. The molecule has 1 aliphatic rings. The molecule has 3 N–H and O–H groups in total. The number of nitrogens with one attached hydrogen (secondary N) is 2. The number of aromatic carboxylic acids is 1. The third kappa shape index (κ3) is 7.05. The van der Waals surface area contributed by atoms with Crippen LogP contribution < -0.4 is 20.1 Å². The number of nitrogens with zero attached hydrogens (tertiary/aromatic N) is 3. The van der Waals surface area contributed by atoms with Crippen LogP contribution in [0.4, 0.5) is 17.6 Å². The number of rotatable bonds is 4. The number of anilines is 3. The second kappa shape index (κ2) is 12.7. The summed E-state index contributed by atoms with van der Waals surface area (Å²) in [7, 11) is 0. The van der Waals surface area contributed by atoms with Crippen LogP contribution in [-0.2, 0) is 4.74 Å². The van der Waals surface area contributed by atoms with Gasteiger partial charge in [-0.3, -0.25) is 0 Å². The quantitative estimate of drug-likeness (QED) is 0.465. The average molecular weight is 494 g/mol. The maximum Gasteiger partial charge on any atom is 0.339 e. The van der Waals surface area contributed by atoms with E-state index >= 15 is 0 Å². The highest BCUT2D eigenvalue weighted by Crippen LogP contribution is 2.27. The van der Waals surface area contributed by atoms with Crippen LogP contribution in [0.5, 0.6) is 11.8 Å². The van der Waals surface area contributed by atoms with E-state index in [1.54, 1.807) is 12.1 Å². The molecule has 10 heteroatoms. The molecule has 1 aromatic heterocycles. The number of ether oxygens (including phenoxy) is 3. The molecule has 1 aliphatic heterocycles. The number of aromatic nitrogens is 3. The van der Waals surface area contributed by atoms with Gasteiger partial charge in [0.1, 0.15) is 11.3 Å². The second-order valence-electron chi connectivity index (χ2n) is 8.28. The summed E-state index contributed by atoms with van der Waals surface area (Å²) >= 11 is 0. The van der Waals surface area contributed by atoms with Crippen molar-refractivity contribution in [1.29, 1.82) is 0 Å². The predicted molar refractivity (Wildman–Crippen MR) is 135 cm³/mol. The van der Waals surface area contributed by atoms with Crippen molar-refractivity contribution in [2.45, 2.75) is 38.6 Å². The van der Waals surface area contributed by atoms with Gasteiger partial charge in [-0.1, -0.05) is 36.8 Å². The Morgan fingerprint density at radius 1 is 1.03 bits per heavy atom. The van der Waals surface area contributed by atoms with E-state index in [2.05, 4.69) is 25.6 Å². The third-order valence-electron chi connectivity index (χ3n) is 5.59. The fourth-order valence-corrected chi connectivity index (χ4v) is 3.80. The number of fused-ring (bicyclic) bond motifs is 4. The van der Waals surface area contributed by atoms with Gasteiger partial charge < -0.3 is 30.0 Å². The van der Waals surface area contributed by atoms with E-state index in [9.17, 15) is 9.90 Å². The summed E-state index contributed by atoms with van der Waals surface area (Å²) in [5.74, 6) is -0.182. The first-order chi connectivity index (χ1) is 17.6. The summed E-state index contributed by atoms with van der Waals surface area (Å²) in [6.45, 7) is 3.74. The molecule has 0 saturated carbocycles. The Balaban J connectivity index is 1.67. The van der Waals surface area contributed by atoms with Gasteiger partial charge in [-0.25, -0.2) is 4.79 Å². The molecule has 3 aromatic rings. The number of carboxylic acid groups (broad SMARTS) is 1. The molecule has 190 valence electrons. The Morgan fingerprint density at radius 2 is 1.81 bits per heavy atom. The summed E-state index contributed by atoms with van der Waals surface area (Å²) in [6.07, 6.45) is 3.70. The van der Waals surface area contributed by atoms with Gasteiger partial charge in [-0.15, -0.1) is 0 Å². The smallest absolute Gasteiger partial charge is 0.339 e. The fourth-order valence-electron chi connectivity index (χ4n) is 3.80. The maximum absolute atomic E-state index is 11.7. The predicted octanol–water partition coefficient (Wildman–Crippen LogP) is 4.83. The Hall–Kier alpha value is -3.92. The lowest BCUT2D eigenvalue weighted by Gasteiger charge is -2.20. The van der Waals surface area contributed by atoms with Crippen molar-refractivity contribution in [1.82, 2.24) is 15.0 Å². The molecular weight excluding hydrogens is 462 g/mol. The normalized spacial score (nSPS) is 16.9. The molecule has 0 spiro atoms. The van der Waals surface area contributed by atoms with Gasteiger partial charge in [0.25, 0.3) is 0 Å². The summed E-state index contributed by atoms with van der Waals surface area (Å²) in [4.78, 5) is 25.0. The first-order valence-electron chi connectivity index (χ1n) is 12.2. The first-order valence-corrected chi connectivity index (χ1v) is 12.2. The Morgan fingerprint density at radius 3 is 2.58 bits per heavy atom. The lowest BCUT2D eigenvalue weighted by molar-refractivity contribution is 0.0692. The molecule has 2 heterocycles. The number of benzene rings is 2. The topological polar surface area (TPSA) is 128 Å². The van der Waals surface area contributed by atoms with Crippen molar-refractivity contribution in [3.63, 3.8) is 0 Å². The van der Waals surface area contributed by atoms with E-state index in [1.807, 2.05) is 37.3 Å². The Bertz CT molecular complexity index is 1140. The molecule has 36 heavy (non-hydrogen) atoms. The molecule has 1 unspecified atom stereocenters. The molecule has 0 saturated heterocycles. The SMILES string of the molecule is CCOc1nc2nc(n1)NC(c1ccccc1)COCCCCCCOc1cc(ccc1C(=O)O)N2. The molecule has 2 aromatic carbocycles. The van der Waals surface area contributed by atoms with Crippen molar-refractivity contribution in [2.75, 3.05) is 37.1 Å². The van der Waals surface area contributed by atoms with Crippen LogP contribution in [0.25, 0.3) is 0 Å². The van der Waals surface area contributed by atoms with Gasteiger partial charge in [0, 0.05) is 18.4 Å². The summed E-state index contributed by atoms with van der Waals surface area (Å²) in [5, 5.41) is 16.0. The van der Waals surface area contributed by atoms with Crippen molar-refractivity contribution >= 4 is 23.6 Å². The zero-order valence-electron chi connectivity index (χ0n) is 20.3. The van der Waals surface area contributed by atoms with Crippen molar-refractivity contribution < 1.29 is 24.1 Å². The van der Waals surface area contributed by atoms with Gasteiger partial charge in [-0.05, 0) is 43.9 Å². The lowest BCUT2D eigenvalue weighted by atomic mass is 10.1. The molecule has 10 nitrogen and oxygen atoms in total. The monoisotopic (exact) mass is 493 g/mol. The van der Waals surface area contributed by atoms with Gasteiger partial charge in [-0.2, -0.15) is 15.0 Å². The van der Waals surface area contributed by atoms with Gasteiger partial charge in [0.05, 0.1) is 25.9 Å². The number of carboxylic acids is 1. The zero-order chi connectivity index (χ0) is 25.2. The second-order valence-corrected chi connectivity index (χ2v) is 8.28. The standard InChI is InChI=1S/C26H31N5O5/c1-2-35-26-30-24-27-19-12-13-20(23(32)33)22(16-19)36-15-9-4-3-8-14-34-17-21(28-25(29-24)31-26)18-10-6-5-7-11-18/h5-7,10-13,16,21H,2-4,8-9,14-15,17H2,1H3,(H,32,33)(H2,27,28,29,30,31). The minimum atomic E-state index is -1.05. The third-order valence-corrected chi connectivity index (χ3v) is 5.59. The number of hydrogen-bond donors (Lipinski definition) is 3. The van der Waals surface area contributed by atoms with Crippen LogP contribution in [-0.4, -0.2) is 52.5 Å². The fraction of sp³-hybridized carbons (Fsp3) is 0.385. The number of carbonyl (C=O) groups is 1. The molecule has 0 radical (unpaired) electrons. The lowest BCUT2D eigenvalue weighted by Crippen LogP contribution is -2.20. The van der Waals surface area contributed by atoms with Crippen LogP contribution in [0.2, 0.25) is 0 Å². The minimum Gasteiger partial charge on any atom is -0.493 e. The van der Waals surface area contributed by atoms with Crippen molar-refractivity contribution in [2.24, 2.45) is 0 Å². The molecule has 4 bridgehead atoms. The molecule has 0 aliphatic carbocycles. The van der Waals surface area contributed by atoms with Crippen LogP contribution in [0.3, 0.4) is 0 Å².